The Kier molecular flexibility index (Phi) is 3.95. The zero-order valence-electron chi connectivity index (χ0n) is 11.6. The van der Waals surface area contributed by atoms with E-state index in [0.717, 1.165) is 27.5 Å². The average Bonchev–Trinajstić information content (AvgIpc) is 3.12. The Bertz CT molecular complexity index is 856. The van der Waals surface area contributed by atoms with Crippen molar-refractivity contribution in [3.05, 3.63) is 41.2 Å². The molecular formula is C13H8F5N5S. The SMILES string of the molecule is Nc1c(-c2cc(C(F)F)cs2)c(C(F)(F)F)nn1-c1ncccn1. The largest absolute Gasteiger partial charge is 0.435 e. The van der Waals surface area contributed by atoms with Crippen molar-refractivity contribution in [3.8, 4) is 16.4 Å². The van der Waals surface area contributed by atoms with Crippen LogP contribution in [-0.4, -0.2) is 19.7 Å². The van der Waals surface area contributed by atoms with Crippen LogP contribution in [0.5, 0.6) is 0 Å². The molecule has 0 radical (unpaired) electrons. The van der Waals surface area contributed by atoms with E-state index in [4.69, 9.17) is 5.73 Å². The van der Waals surface area contributed by atoms with Crippen LogP contribution in [0.1, 0.15) is 17.7 Å². The normalized spacial score (nSPS) is 12.1. The molecule has 0 aliphatic rings. The standard InChI is InChI=1S/C13H8F5N5S/c14-10(15)6-4-7(24-5-6)8-9(13(16,17)18)22-23(11(8)19)12-20-2-1-3-21-12/h1-5,10H,19H2. The smallest absolute Gasteiger partial charge is 0.383 e. The van der Waals surface area contributed by atoms with Crippen LogP contribution < -0.4 is 5.73 Å². The van der Waals surface area contributed by atoms with E-state index in [-0.39, 0.29) is 22.2 Å². The van der Waals surface area contributed by atoms with Gasteiger partial charge in [0.25, 0.3) is 12.4 Å². The highest BCUT2D eigenvalue weighted by molar-refractivity contribution is 7.13. The molecule has 0 bridgehead atoms. The summed E-state index contributed by atoms with van der Waals surface area (Å²) in [5.74, 6) is -0.534. The highest BCUT2D eigenvalue weighted by Crippen LogP contribution is 2.43. The minimum absolute atomic E-state index is 0.0580. The van der Waals surface area contributed by atoms with Gasteiger partial charge in [-0.05, 0) is 12.1 Å². The highest BCUT2D eigenvalue weighted by Gasteiger charge is 2.40. The number of hydrogen-bond acceptors (Lipinski definition) is 5. The molecule has 2 N–H and O–H groups in total. The molecule has 0 aliphatic heterocycles. The Morgan fingerprint density at radius 2 is 1.83 bits per heavy atom. The molecule has 0 fully saturated rings. The molecule has 0 aromatic carbocycles. The van der Waals surface area contributed by atoms with Crippen LogP contribution >= 0.6 is 11.3 Å². The molecule has 3 aromatic rings. The van der Waals surface area contributed by atoms with Crippen molar-refractivity contribution in [2.75, 3.05) is 5.73 Å². The van der Waals surface area contributed by atoms with Gasteiger partial charge in [0.2, 0.25) is 0 Å². The topological polar surface area (TPSA) is 69.6 Å². The molecule has 0 amide bonds. The summed E-state index contributed by atoms with van der Waals surface area (Å²) < 4.78 is 66.0. The Balaban J connectivity index is 2.22. The van der Waals surface area contributed by atoms with E-state index in [1.165, 1.54) is 18.5 Å². The second-order valence-electron chi connectivity index (χ2n) is 4.61. The lowest BCUT2D eigenvalue weighted by atomic mass is 10.1. The third kappa shape index (κ3) is 2.82. The van der Waals surface area contributed by atoms with Crippen molar-refractivity contribution in [1.29, 1.82) is 0 Å². The zero-order valence-corrected chi connectivity index (χ0v) is 12.4. The van der Waals surface area contributed by atoms with E-state index in [1.807, 2.05) is 0 Å². The number of nitrogens with zero attached hydrogens (tertiary/aromatic N) is 4. The minimum atomic E-state index is -4.82. The van der Waals surface area contributed by atoms with Crippen molar-refractivity contribution < 1.29 is 22.0 Å². The number of halogens is 5. The van der Waals surface area contributed by atoms with Crippen molar-refractivity contribution in [2.24, 2.45) is 0 Å². The fourth-order valence-electron chi connectivity index (χ4n) is 2.02. The number of nitrogens with two attached hydrogens (primary N) is 1. The minimum Gasteiger partial charge on any atom is -0.383 e. The zero-order chi connectivity index (χ0) is 17.5. The maximum absolute atomic E-state index is 13.3. The molecule has 0 atom stereocenters. The van der Waals surface area contributed by atoms with Gasteiger partial charge in [0.15, 0.2) is 5.69 Å². The summed E-state index contributed by atoms with van der Waals surface area (Å²) >= 11 is 0.730. The van der Waals surface area contributed by atoms with Crippen molar-refractivity contribution in [3.63, 3.8) is 0 Å². The number of hydrogen-bond donors (Lipinski definition) is 1. The van der Waals surface area contributed by atoms with Crippen LogP contribution in [0.15, 0.2) is 29.9 Å². The van der Waals surface area contributed by atoms with Gasteiger partial charge >= 0.3 is 6.18 Å². The van der Waals surface area contributed by atoms with Gasteiger partial charge in [0, 0.05) is 28.2 Å². The summed E-state index contributed by atoms with van der Waals surface area (Å²) in [5, 5.41) is 4.52. The molecule has 0 aliphatic carbocycles. The Morgan fingerprint density at radius 1 is 1.17 bits per heavy atom. The fraction of sp³-hybridized carbons (Fsp3) is 0.154. The quantitative estimate of drug-likeness (QED) is 0.718. The van der Waals surface area contributed by atoms with Crippen LogP contribution in [-0.2, 0) is 6.18 Å². The van der Waals surface area contributed by atoms with E-state index >= 15 is 0 Å². The number of rotatable bonds is 3. The lowest BCUT2D eigenvalue weighted by Crippen LogP contribution is -2.09. The van der Waals surface area contributed by atoms with E-state index in [0.29, 0.717) is 0 Å². The number of nitrogen functional groups attached to an aromatic ring is 1. The van der Waals surface area contributed by atoms with Crippen LogP contribution in [0.2, 0.25) is 0 Å². The molecule has 3 heterocycles. The first-order valence-electron chi connectivity index (χ1n) is 6.39. The molecule has 24 heavy (non-hydrogen) atoms. The van der Waals surface area contributed by atoms with Gasteiger partial charge in [-0.15, -0.1) is 11.3 Å². The molecule has 0 unspecified atom stereocenters. The second kappa shape index (κ2) is 5.82. The van der Waals surface area contributed by atoms with Gasteiger partial charge in [-0.2, -0.15) is 23.0 Å². The number of anilines is 1. The summed E-state index contributed by atoms with van der Waals surface area (Å²) in [7, 11) is 0. The molecule has 0 saturated carbocycles. The van der Waals surface area contributed by atoms with Gasteiger partial charge in [-0.1, -0.05) is 0 Å². The Hall–Kier alpha value is -2.56. The predicted octanol–water partition coefficient (Wildman–Crippen LogP) is 3.93. The van der Waals surface area contributed by atoms with Gasteiger partial charge < -0.3 is 5.73 Å². The number of thiophene rings is 1. The van der Waals surface area contributed by atoms with E-state index in [2.05, 4.69) is 15.1 Å². The third-order valence-electron chi connectivity index (χ3n) is 3.05. The molecule has 3 aromatic heterocycles. The monoisotopic (exact) mass is 361 g/mol. The summed E-state index contributed by atoms with van der Waals surface area (Å²) in [5.41, 5.74) is 3.66. The van der Waals surface area contributed by atoms with Gasteiger partial charge in [-0.25, -0.2) is 18.7 Å². The van der Waals surface area contributed by atoms with Crippen LogP contribution in [0.25, 0.3) is 16.4 Å². The van der Waals surface area contributed by atoms with Crippen molar-refractivity contribution in [2.45, 2.75) is 12.6 Å². The van der Waals surface area contributed by atoms with Gasteiger partial charge in [-0.3, -0.25) is 0 Å². The Morgan fingerprint density at radius 3 is 2.38 bits per heavy atom. The van der Waals surface area contributed by atoms with Gasteiger partial charge in [0.1, 0.15) is 5.82 Å². The predicted molar refractivity (Wildman–Crippen MR) is 76.8 cm³/mol. The van der Waals surface area contributed by atoms with E-state index < -0.39 is 23.9 Å². The van der Waals surface area contributed by atoms with E-state index in [9.17, 15) is 22.0 Å². The molecule has 0 spiro atoms. The summed E-state index contributed by atoms with van der Waals surface area (Å²) in [6, 6.07) is 2.44. The summed E-state index contributed by atoms with van der Waals surface area (Å²) in [6.07, 6.45) is -4.98. The van der Waals surface area contributed by atoms with Crippen molar-refractivity contribution in [1.82, 2.24) is 19.7 Å². The summed E-state index contributed by atoms with van der Waals surface area (Å²) in [4.78, 5) is 7.54. The Labute approximate surface area is 135 Å². The fourth-order valence-corrected chi connectivity index (χ4v) is 2.98. The maximum Gasteiger partial charge on any atom is 0.435 e. The first-order chi connectivity index (χ1) is 11.3. The highest BCUT2D eigenvalue weighted by atomic mass is 32.1. The second-order valence-corrected chi connectivity index (χ2v) is 5.52. The molecule has 126 valence electrons. The molecule has 11 heteroatoms. The molecular weight excluding hydrogens is 353 g/mol. The first-order valence-corrected chi connectivity index (χ1v) is 7.27. The maximum atomic E-state index is 13.3. The van der Waals surface area contributed by atoms with Gasteiger partial charge in [0.05, 0.1) is 5.56 Å². The average molecular weight is 361 g/mol. The number of aromatic nitrogens is 4. The summed E-state index contributed by atoms with van der Waals surface area (Å²) in [6.45, 7) is 0. The molecule has 3 rings (SSSR count). The van der Waals surface area contributed by atoms with Crippen LogP contribution in [0.3, 0.4) is 0 Å². The van der Waals surface area contributed by atoms with Crippen LogP contribution in [0.4, 0.5) is 27.8 Å². The molecule has 0 saturated heterocycles. The van der Waals surface area contributed by atoms with E-state index in [1.54, 1.807) is 0 Å². The molecule has 5 nitrogen and oxygen atoms in total. The third-order valence-corrected chi connectivity index (χ3v) is 4.02. The lowest BCUT2D eigenvalue weighted by molar-refractivity contribution is -0.140. The van der Waals surface area contributed by atoms with Crippen LogP contribution in [0, 0.1) is 0 Å². The lowest BCUT2D eigenvalue weighted by Gasteiger charge is -2.04. The van der Waals surface area contributed by atoms with Crippen molar-refractivity contribution >= 4 is 17.2 Å². The number of alkyl halides is 5. The first kappa shape index (κ1) is 16.3.